The SMILES string of the molecule is CCOC(=O)[C@@]12CCC[C@]3(CC=CCO[C@@H]31)CN(CC)C2. The summed E-state index contributed by atoms with van der Waals surface area (Å²) in [6, 6.07) is 0. The molecule has 0 aromatic heterocycles. The highest BCUT2D eigenvalue weighted by Gasteiger charge is 2.62. The van der Waals surface area contributed by atoms with Gasteiger partial charge in [0.05, 0.1) is 19.3 Å². The average molecular weight is 293 g/mol. The number of hydrogen-bond donors (Lipinski definition) is 0. The van der Waals surface area contributed by atoms with Crippen molar-refractivity contribution in [2.24, 2.45) is 10.8 Å². The molecule has 1 saturated carbocycles. The normalized spacial score (nSPS) is 39.4. The van der Waals surface area contributed by atoms with Crippen LogP contribution in [-0.4, -0.2) is 49.8 Å². The van der Waals surface area contributed by atoms with E-state index in [4.69, 9.17) is 9.47 Å². The van der Waals surface area contributed by atoms with Gasteiger partial charge in [0.25, 0.3) is 0 Å². The third-order valence-corrected chi connectivity index (χ3v) is 5.58. The third kappa shape index (κ3) is 2.33. The molecule has 3 aliphatic rings. The summed E-state index contributed by atoms with van der Waals surface area (Å²) in [4.78, 5) is 15.2. The van der Waals surface area contributed by atoms with Crippen LogP contribution < -0.4 is 0 Å². The monoisotopic (exact) mass is 293 g/mol. The molecule has 1 saturated heterocycles. The molecule has 3 atom stereocenters. The molecule has 0 N–H and O–H groups in total. The maximum Gasteiger partial charge on any atom is 0.316 e. The second kappa shape index (κ2) is 5.73. The van der Waals surface area contributed by atoms with E-state index >= 15 is 0 Å². The minimum Gasteiger partial charge on any atom is -0.465 e. The van der Waals surface area contributed by atoms with Crippen LogP contribution in [0.1, 0.15) is 39.5 Å². The fourth-order valence-corrected chi connectivity index (χ4v) is 4.75. The summed E-state index contributed by atoms with van der Waals surface area (Å²) in [6.45, 7) is 7.96. The van der Waals surface area contributed by atoms with Crippen LogP contribution in [0.2, 0.25) is 0 Å². The van der Waals surface area contributed by atoms with Gasteiger partial charge in [-0.3, -0.25) is 4.79 Å². The first-order valence-corrected chi connectivity index (χ1v) is 8.33. The van der Waals surface area contributed by atoms with E-state index in [0.717, 1.165) is 45.3 Å². The van der Waals surface area contributed by atoms with Gasteiger partial charge in [0.1, 0.15) is 5.41 Å². The van der Waals surface area contributed by atoms with Crippen molar-refractivity contribution in [3.8, 4) is 0 Å². The van der Waals surface area contributed by atoms with Crippen molar-refractivity contribution in [3.05, 3.63) is 12.2 Å². The highest BCUT2D eigenvalue weighted by atomic mass is 16.5. The first-order chi connectivity index (χ1) is 10.2. The Balaban J connectivity index is 2.00. The van der Waals surface area contributed by atoms with E-state index in [1.807, 2.05) is 6.92 Å². The summed E-state index contributed by atoms with van der Waals surface area (Å²) >= 11 is 0. The van der Waals surface area contributed by atoms with Crippen LogP contribution in [0, 0.1) is 10.8 Å². The number of hydrogen-bond acceptors (Lipinski definition) is 4. The molecule has 21 heavy (non-hydrogen) atoms. The molecule has 2 aliphatic heterocycles. The van der Waals surface area contributed by atoms with Crippen LogP contribution in [0.15, 0.2) is 12.2 Å². The zero-order chi connectivity index (χ0) is 14.9. The van der Waals surface area contributed by atoms with Crippen LogP contribution in [0.3, 0.4) is 0 Å². The first-order valence-electron chi connectivity index (χ1n) is 8.33. The van der Waals surface area contributed by atoms with E-state index in [0.29, 0.717) is 13.2 Å². The van der Waals surface area contributed by atoms with E-state index in [1.54, 1.807) is 0 Å². The number of carbonyl (C=O) groups excluding carboxylic acids is 1. The van der Waals surface area contributed by atoms with Gasteiger partial charge in [0.2, 0.25) is 0 Å². The smallest absolute Gasteiger partial charge is 0.316 e. The number of piperidine rings is 1. The molecule has 1 aliphatic carbocycles. The Hall–Kier alpha value is -0.870. The van der Waals surface area contributed by atoms with Crippen molar-refractivity contribution in [2.75, 3.05) is 32.8 Å². The summed E-state index contributed by atoms with van der Waals surface area (Å²) in [5, 5.41) is 0. The van der Waals surface area contributed by atoms with Gasteiger partial charge >= 0.3 is 5.97 Å². The molecule has 2 fully saturated rings. The van der Waals surface area contributed by atoms with E-state index in [2.05, 4.69) is 24.0 Å². The van der Waals surface area contributed by atoms with E-state index in [-0.39, 0.29) is 17.5 Å². The summed E-state index contributed by atoms with van der Waals surface area (Å²) in [7, 11) is 0. The Bertz CT molecular complexity index is 436. The Morgan fingerprint density at radius 1 is 1.33 bits per heavy atom. The lowest BCUT2D eigenvalue weighted by Gasteiger charge is -2.58. The molecule has 0 spiro atoms. The quantitative estimate of drug-likeness (QED) is 0.591. The van der Waals surface area contributed by atoms with Crippen molar-refractivity contribution < 1.29 is 14.3 Å². The molecule has 0 radical (unpaired) electrons. The second-order valence-corrected chi connectivity index (χ2v) is 6.78. The van der Waals surface area contributed by atoms with Crippen molar-refractivity contribution in [1.82, 2.24) is 4.90 Å². The van der Waals surface area contributed by atoms with Gasteiger partial charge in [-0.25, -0.2) is 0 Å². The lowest BCUT2D eigenvalue weighted by Crippen LogP contribution is -2.67. The number of esters is 1. The van der Waals surface area contributed by atoms with Crippen LogP contribution in [-0.2, 0) is 14.3 Å². The second-order valence-electron chi connectivity index (χ2n) is 6.78. The molecule has 4 nitrogen and oxygen atoms in total. The number of allylic oxidation sites excluding steroid dienone is 1. The van der Waals surface area contributed by atoms with Crippen LogP contribution in [0.5, 0.6) is 0 Å². The standard InChI is InChI=1S/C17H27NO3/c1-3-18-12-16-8-5-6-11-21-14(16)17(13-18,10-7-9-16)15(19)20-4-2/h5-6,14H,3-4,7-13H2,1-2H3/t14-,16+,17+/m0/s1. The molecular formula is C17H27NO3. The topological polar surface area (TPSA) is 38.8 Å². The number of rotatable bonds is 3. The minimum atomic E-state index is -0.464. The van der Waals surface area contributed by atoms with Crippen molar-refractivity contribution >= 4 is 5.97 Å². The average Bonchev–Trinajstić information content (AvgIpc) is 2.69. The number of likely N-dealkylation sites (tertiary alicyclic amines) is 1. The van der Waals surface area contributed by atoms with Gasteiger partial charge in [0, 0.05) is 18.5 Å². The predicted octanol–water partition coefficient (Wildman–Crippen LogP) is 2.39. The van der Waals surface area contributed by atoms with Crippen molar-refractivity contribution in [2.45, 2.75) is 45.6 Å². The Kier molecular flexibility index (Phi) is 4.10. The lowest BCUT2D eigenvalue weighted by molar-refractivity contribution is -0.208. The van der Waals surface area contributed by atoms with E-state index < -0.39 is 5.41 Å². The zero-order valence-electron chi connectivity index (χ0n) is 13.3. The number of carbonyl (C=O) groups is 1. The van der Waals surface area contributed by atoms with E-state index in [9.17, 15) is 4.79 Å². The molecule has 0 unspecified atom stereocenters. The summed E-state index contributed by atoms with van der Waals surface area (Å²) in [6.07, 6.45) is 8.54. The Morgan fingerprint density at radius 3 is 2.95 bits per heavy atom. The highest BCUT2D eigenvalue weighted by molar-refractivity contribution is 5.78. The van der Waals surface area contributed by atoms with Crippen molar-refractivity contribution in [1.29, 1.82) is 0 Å². The number of ether oxygens (including phenoxy) is 2. The number of nitrogens with zero attached hydrogens (tertiary/aromatic N) is 1. The van der Waals surface area contributed by atoms with Gasteiger partial charge < -0.3 is 14.4 Å². The van der Waals surface area contributed by atoms with Gasteiger partial charge in [-0.2, -0.15) is 0 Å². The molecule has 118 valence electrons. The maximum absolute atomic E-state index is 12.8. The van der Waals surface area contributed by atoms with E-state index in [1.165, 1.54) is 0 Å². The third-order valence-electron chi connectivity index (χ3n) is 5.58. The summed E-state index contributed by atoms with van der Waals surface area (Å²) < 4.78 is 11.7. The minimum absolute atomic E-state index is 0.00981. The first kappa shape index (κ1) is 15.0. The molecular weight excluding hydrogens is 266 g/mol. The van der Waals surface area contributed by atoms with Gasteiger partial charge in [0.15, 0.2) is 0 Å². The molecule has 4 heteroatoms. The zero-order valence-corrected chi connectivity index (χ0v) is 13.3. The largest absolute Gasteiger partial charge is 0.465 e. The summed E-state index contributed by atoms with van der Waals surface area (Å²) in [5.74, 6) is -0.0425. The van der Waals surface area contributed by atoms with Crippen LogP contribution in [0.4, 0.5) is 0 Å². The molecule has 0 amide bonds. The van der Waals surface area contributed by atoms with Crippen LogP contribution in [0.25, 0.3) is 0 Å². The Morgan fingerprint density at radius 2 is 2.19 bits per heavy atom. The van der Waals surface area contributed by atoms with Crippen molar-refractivity contribution in [3.63, 3.8) is 0 Å². The van der Waals surface area contributed by atoms with Crippen LogP contribution >= 0.6 is 0 Å². The molecule has 2 bridgehead atoms. The fraction of sp³-hybridized carbons (Fsp3) is 0.824. The highest BCUT2D eigenvalue weighted by Crippen LogP contribution is 2.55. The molecule has 2 heterocycles. The predicted molar refractivity (Wildman–Crippen MR) is 81.0 cm³/mol. The molecule has 0 aromatic rings. The molecule has 0 aromatic carbocycles. The maximum atomic E-state index is 12.8. The molecule has 3 rings (SSSR count). The summed E-state index contributed by atoms with van der Waals surface area (Å²) in [5.41, 5.74) is -0.374. The van der Waals surface area contributed by atoms with Gasteiger partial charge in [-0.15, -0.1) is 0 Å². The van der Waals surface area contributed by atoms with Gasteiger partial charge in [-0.1, -0.05) is 25.5 Å². The Labute approximate surface area is 127 Å². The lowest BCUT2D eigenvalue weighted by atomic mass is 9.55. The van der Waals surface area contributed by atoms with Gasteiger partial charge in [-0.05, 0) is 32.7 Å². The fourth-order valence-electron chi connectivity index (χ4n) is 4.75.